The predicted molar refractivity (Wildman–Crippen MR) is 94.6 cm³/mol. The third-order valence-electron chi connectivity index (χ3n) is 4.00. The van der Waals surface area contributed by atoms with Crippen LogP contribution in [0.2, 0.25) is 0 Å². The van der Waals surface area contributed by atoms with E-state index in [1.165, 1.54) is 0 Å². The molecule has 1 aliphatic rings. The number of hydrogen-bond acceptors (Lipinski definition) is 4. The number of carbonyl (C=O) groups excluding carboxylic acids is 1. The summed E-state index contributed by atoms with van der Waals surface area (Å²) in [6, 6.07) is 5.89. The van der Waals surface area contributed by atoms with Gasteiger partial charge in [-0.15, -0.1) is 17.3 Å². The predicted octanol–water partition coefficient (Wildman–Crippen LogP) is 2.90. The molecule has 1 aromatic carbocycles. The highest BCUT2D eigenvalue weighted by atomic mass is 32.1. The Kier molecular flexibility index (Phi) is 5.27. The number of unbranched alkanes of at least 4 members (excludes halogenated alkanes) is 1. The molecule has 2 heterocycles. The van der Waals surface area contributed by atoms with E-state index in [4.69, 9.17) is 0 Å². The van der Waals surface area contributed by atoms with Crippen LogP contribution < -0.4 is 5.32 Å². The normalized spacial score (nSPS) is 17.9. The lowest BCUT2D eigenvalue weighted by Crippen LogP contribution is -2.37. The third-order valence-corrected chi connectivity index (χ3v) is 4.80. The summed E-state index contributed by atoms with van der Waals surface area (Å²) in [7, 11) is 0. The molecule has 3 rings (SSSR count). The van der Waals surface area contributed by atoms with E-state index in [1.807, 2.05) is 18.2 Å². The first-order chi connectivity index (χ1) is 11.3. The van der Waals surface area contributed by atoms with Crippen molar-refractivity contribution in [2.24, 2.45) is 0 Å². The van der Waals surface area contributed by atoms with Crippen LogP contribution in [0.1, 0.15) is 36.5 Å². The Hall–Kier alpha value is -1.90. The van der Waals surface area contributed by atoms with Crippen LogP contribution in [-0.2, 0) is 0 Å². The lowest BCUT2D eigenvalue weighted by atomic mass is 10.2. The van der Waals surface area contributed by atoms with Crippen LogP contribution in [0.4, 0.5) is 0 Å². The first-order valence-corrected chi connectivity index (χ1v) is 8.96. The number of amides is 1. The van der Waals surface area contributed by atoms with E-state index in [0.717, 1.165) is 49.1 Å². The maximum Gasteiger partial charge on any atom is 0.251 e. The van der Waals surface area contributed by atoms with Crippen molar-refractivity contribution < 1.29 is 4.79 Å². The number of hydrogen-bond donors (Lipinski definition) is 1. The summed E-state index contributed by atoms with van der Waals surface area (Å²) in [5, 5.41) is 3.14. The SMILES string of the molecule is CCCC#CCN1CC[C@H](NC(=O)c2ccc3ncsc3c2)C1. The van der Waals surface area contributed by atoms with Gasteiger partial charge >= 0.3 is 0 Å². The molecule has 1 saturated heterocycles. The molecule has 2 aromatic rings. The zero-order valence-electron chi connectivity index (χ0n) is 13.3. The molecule has 1 fully saturated rings. The summed E-state index contributed by atoms with van der Waals surface area (Å²) in [5.74, 6) is 6.39. The Morgan fingerprint density at radius 3 is 3.26 bits per heavy atom. The van der Waals surface area contributed by atoms with E-state index in [0.29, 0.717) is 5.56 Å². The number of rotatable bonds is 4. The Morgan fingerprint density at radius 1 is 1.48 bits per heavy atom. The van der Waals surface area contributed by atoms with Gasteiger partial charge in [-0.25, -0.2) is 4.98 Å². The molecule has 120 valence electrons. The molecule has 0 radical (unpaired) electrons. The topological polar surface area (TPSA) is 45.2 Å². The number of nitrogens with zero attached hydrogens (tertiary/aromatic N) is 2. The van der Waals surface area contributed by atoms with E-state index in [1.54, 1.807) is 16.8 Å². The highest BCUT2D eigenvalue weighted by molar-refractivity contribution is 7.16. The van der Waals surface area contributed by atoms with Gasteiger partial charge in [0.05, 0.1) is 22.3 Å². The Balaban J connectivity index is 1.53. The van der Waals surface area contributed by atoms with Crippen LogP contribution >= 0.6 is 11.3 Å². The monoisotopic (exact) mass is 327 g/mol. The largest absolute Gasteiger partial charge is 0.348 e. The maximum absolute atomic E-state index is 12.4. The quantitative estimate of drug-likeness (QED) is 0.878. The zero-order chi connectivity index (χ0) is 16.1. The molecule has 4 nitrogen and oxygen atoms in total. The van der Waals surface area contributed by atoms with Crippen LogP contribution in [-0.4, -0.2) is 41.5 Å². The minimum Gasteiger partial charge on any atom is -0.348 e. The van der Waals surface area contributed by atoms with Crippen molar-refractivity contribution in [3.63, 3.8) is 0 Å². The number of carbonyl (C=O) groups is 1. The fraction of sp³-hybridized carbons (Fsp3) is 0.444. The van der Waals surface area contributed by atoms with Gasteiger partial charge in [0.25, 0.3) is 5.91 Å². The van der Waals surface area contributed by atoms with E-state index in [-0.39, 0.29) is 11.9 Å². The molecule has 0 aliphatic carbocycles. The zero-order valence-corrected chi connectivity index (χ0v) is 14.2. The molecular weight excluding hydrogens is 306 g/mol. The molecule has 0 bridgehead atoms. The molecule has 1 amide bonds. The standard InChI is InChI=1S/C18H21N3OS/c1-2-3-4-5-9-21-10-8-15(12-21)20-18(22)14-6-7-16-17(11-14)23-13-19-16/h6-7,11,13,15H,2-3,8-10,12H2,1H3,(H,20,22)/t15-/m0/s1. The van der Waals surface area contributed by atoms with Crippen molar-refractivity contribution in [2.75, 3.05) is 19.6 Å². The smallest absolute Gasteiger partial charge is 0.251 e. The van der Waals surface area contributed by atoms with Crippen LogP contribution in [0.15, 0.2) is 23.7 Å². The Labute approximate surface area is 140 Å². The fourth-order valence-electron chi connectivity index (χ4n) is 2.74. The summed E-state index contributed by atoms with van der Waals surface area (Å²) in [5.41, 5.74) is 3.47. The summed E-state index contributed by atoms with van der Waals surface area (Å²) in [4.78, 5) is 18.9. The van der Waals surface area contributed by atoms with Gasteiger partial charge < -0.3 is 5.32 Å². The Bertz CT molecular complexity index is 743. The van der Waals surface area contributed by atoms with Crippen LogP contribution in [0.5, 0.6) is 0 Å². The van der Waals surface area contributed by atoms with Gasteiger partial charge in [-0.3, -0.25) is 9.69 Å². The summed E-state index contributed by atoms with van der Waals surface area (Å²) in [6.07, 6.45) is 3.06. The fourth-order valence-corrected chi connectivity index (χ4v) is 3.46. The van der Waals surface area contributed by atoms with Crippen LogP contribution in [0.25, 0.3) is 10.2 Å². The van der Waals surface area contributed by atoms with Gasteiger partial charge in [0.2, 0.25) is 0 Å². The first-order valence-electron chi connectivity index (χ1n) is 8.08. The second kappa shape index (κ2) is 7.58. The van der Waals surface area contributed by atoms with E-state index >= 15 is 0 Å². The van der Waals surface area contributed by atoms with Crippen molar-refractivity contribution >= 4 is 27.5 Å². The number of aromatic nitrogens is 1. The van der Waals surface area contributed by atoms with Crippen LogP contribution in [0, 0.1) is 11.8 Å². The molecule has 23 heavy (non-hydrogen) atoms. The van der Waals surface area contributed by atoms with E-state index in [2.05, 4.69) is 34.0 Å². The molecule has 1 atom stereocenters. The minimum atomic E-state index is 0.00390. The average Bonchev–Trinajstić information content (AvgIpc) is 3.19. The molecule has 0 unspecified atom stereocenters. The van der Waals surface area contributed by atoms with E-state index in [9.17, 15) is 4.79 Å². The van der Waals surface area contributed by atoms with Crippen molar-refractivity contribution in [3.8, 4) is 11.8 Å². The highest BCUT2D eigenvalue weighted by Crippen LogP contribution is 2.19. The van der Waals surface area contributed by atoms with Gasteiger partial charge in [0, 0.05) is 31.1 Å². The van der Waals surface area contributed by atoms with Crippen molar-refractivity contribution in [1.82, 2.24) is 15.2 Å². The van der Waals surface area contributed by atoms with Crippen molar-refractivity contribution in [1.29, 1.82) is 0 Å². The molecular formula is C18H21N3OS. The summed E-state index contributed by atoms with van der Waals surface area (Å²) < 4.78 is 1.05. The average molecular weight is 327 g/mol. The molecule has 0 saturated carbocycles. The highest BCUT2D eigenvalue weighted by Gasteiger charge is 2.23. The van der Waals surface area contributed by atoms with Crippen LogP contribution in [0.3, 0.4) is 0 Å². The lowest BCUT2D eigenvalue weighted by Gasteiger charge is -2.14. The van der Waals surface area contributed by atoms with Gasteiger partial charge in [0.1, 0.15) is 0 Å². The number of nitrogens with one attached hydrogen (secondary N) is 1. The number of likely N-dealkylation sites (tertiary alicyclic amines) is 1. The molecule has 1 aromatic heterocycles. The third kappa shape index (κ3) is 4.10. The molecule has 1 aliphatic heterocycles. The van der Waals surface area contributed by atoms with Gasteiger partial charge in [-0.2, -0.15) is 0 Å². The lowest BCUT2D eigenvalue weighted by molar-refractivity contribution is 0.0938. The van der Waals surface area contributed by atoms with E-state index < -0.39 is 0 Å². The van der Waals surface area contributed by atoms with Gasteiger partial charge in [-0.05, 0) is 31.0 Å². The second-order valence-corrected chi connectivity index (χ2v) is 6.72. The second-order valence-electron chi connectivity index (χ2n) is 5.83. The number of thiazole rings is 1. The summed E-state index contributed by atoms with van der Waals surface area (Å²) in [6.45, 7) is 4.83. The number of fused-ring (bicyclic) bond motifs is 1. The molecule has 5 heteroatoms. The Morgan fingerprint density at radius 2 is 2.39 bits per heavy atom. The molecule has 1 N–H and O–H groups in total. The summed E-state index contributed by atoms with van der Waals surface area (Å²) >= 11 is 1.56. The van der Waals surface area contributed by atoms with Crippen molar-refractivity contribution in [3.05, 3.63) is 29.3 Å². The van der Waals surface area contributed by atoms with Gasteiger partial charge in [0.15, 0.2) is 0 Å². The minimum absolute atomic E-state index is 0.00390. The maximum atomic E-state index is 12.4. The first kappa shape index (κ1) is 16.0. The number of benzene rings is 1. The van der Waals surface area contributed by atoms with Crippen molar-refractivity contribution in [2.45, 2.75) is 32.2 Å². The molecule has 0 spiro atoms. The van der Waals surface area contributed by atoms with Gasteiger partial charge in [-0.1, -0.05) is 12.8 Å².